The van der Waals surface area contributed by atoms with Crippen LogP contribution >= 0.6 is 7.60 Å². The molecule has 0 aromatic carbocycles. The van der Waals surface area contributed by atoms with E-state index >= 15 is 0 Å². The molecule has 22 heavy (non-hydrogen) atoms. The Morgan fingerprint density at radius 1 is 1.59 bits per heavy atom. The second-order valence-electron chi connectivity index (χ2n) is 4.33. The van der Waals surface area contributed by atoms with Crippen molar-refractivity contribution in [2.24, 2.45) is 0 Å². The fourth-order valence-electron chi connectivity index (χ4n) is 1.61. The van der Waals surface area contributed by atoms with Gasteiger partial charge in [-0.3, -0.25) is 14.3 Å². The molecule has 1 aliphatic rings. The third kappa shape index (κ3) is 4.67. The average Bonchev–Trinajstić information content (AvgIpc) is 2.76. The molecular weight excluding hydrogens is 328 g/mol. The van der Waals surface area contributed by atoms with Crippen molar-refractivity contribution in [3.05, 3.63) is 10.4 Å². The first kappa shape index (κ1) is 19.4. The Bertz CT molecular complexity index is 627. The molecule has 1 aromatic heterocycles. The molecule has 120 valence electrons. The number of nitrogens with two attached hydrogens (primary N) is 1. The van der Waals surface area contributed by atoms with Gasteiger partial charge in [0.15, 0.2) is 11.7 Å². The molecule has 0 saturated carbocycles. The molecule has 1 unspecified atom stereocenters. The first-order valence-corrected chi connectivity index (χ1v) is 7.60. The predicted octanol–water partition coefficient (Wildman–Crippen LogP) is -3.87. The number of ether oxygens (including phenoxy) is 2. The number of aromatic nitrogens is 2. The number of hydrogen-bond donors (Lipinski definition) is 5. The van der Waals surface area contributed by atoms with E-state index in [2.05, 4.69) is 15.3 Å². The van der Waals surface area contributed by atoms with Gasteiger partial charge in [-0.1, -0.05) is 0 Å². The van der Waals surface area contributed by atoms with E-state index < -0.39 is 13.4 Å². The van der Waals surface area contributed by atoms with Crippen molar-refractivity contribution in [3.63, 3.8) is 0 Å². The number of H-pyrrole nitrogens is 1. The summed E-state index contributed by atoms with van der Waals surface area (Å²) in [6, 6.07) is 0. The average molecular weight is 345 g/mol. The molecule has 0 amide bonds. The molecule has 13 heteroatoms. The Morgan fingerprint density at radius 3 is 2.91 bits per heavy atom. The van der Waals surface area contributed by atoms with Crippen LogP contribution in [0.1, 0.15) is 8.35 Å². The van der Waals surface area contributed by atoms with Crippen LogP contribution in [0.15, 0.2) is 4.79 Å². The summed E-state index contributed by atoms with van der Waals surface area (Å²) in [4.78, 5) is 37.2. The molecule has 0 radical (unpaired) electrons. The molecule has 2 heterocycles. The van der Waals surface area contributed by atoms with Crippen LogP contribution in [0.3, 0.4) is 0 Å². The summed E-state index contributed by atoms with van der Waals surface area (Å²) in [6.07, 6.45) is 0. The van der Waals surface area contributed by atoms with Gasteiger partial charge in [-0.05, 0) is 6.92 Å². The number of fused-ring (bicyclic) bond motifs is 1. The fraction of sp³-hybridized carbons (Fsp3) is 0.556. The molecular formula is C9H17N5NaO6P. The van der Waals surface area contributed by atoms with E-state index in [9.17, 15) is 9.36 Å². The Morgan fingerprint density at radius 2 is 2.27 bits per heavy atom. The van der Waals surface area contributed by atoms with Crippen molar-refractivity contribution < 1.29 is 54.8 Å². The van der Waals surface area contributed by atoms with Crippen molar-refractivity contribution in [1.29, 1.82) is 0 Å². The zero-order chi connectivity index (χ0) is 15.6. The van der Waals surface area contributed by atoms with E-state index in [1.165, 1.54) is 6.92 Å². The van der Waals surface area contributed by atoms with Crippen LogP contribution in [-0.2, 0) is 14.0 Å². The zero-order valence-corrected chi connectivity index (χ0v) is 15.0. The summed E-state index contributed by atoms with van der Waals surface area (Å²) in [6.45, 7) is 1.25. The van der Waals surface area contributed by atoms with Gasteiger partial charge < -0.3 is 36.6 Å². The number of nitrogens with one attached hydrogen (secondary N) is 2. The molecule has 1 aliphatic heterocycles. The quantitative estimate of drug-likeness (QED) is 0.149. The van der Waals surface area contributed by atoms with Crippen LogP contribution in [-0.4, -0.2) is 45.8 Å². The van der Waals surface area contributed by atoms with Gasteiger partial charge in [0.2, 0.25) is 5.95 Å². The largest absolute Gasteiger partial charge is 1.00 e. The van der Waals surface area contributed by atoms with E-state index in [1.807, 2.05) is 0 Å². The molecule has 0 spiro atoms. The summed E-state index contributed by atoms with van der Waals surface area (Å²) in [5.74, 6) is -0.920. The smallest absolute Gasteiger partial charge is 1.00 e. The SMILES string of the molecule is CC(OCOCN1CNc2c1nc(N)[nH]c2=O)P(=O)(O)O.[H-].[Na+]. The van der Waals surface area contributed by atoms with Crippen LogP contribution in [0.25, 0.3) is 0 Å². The number of nitrogen functional groups attached to an aromatic ring is 1. The standard InChI is InChI=1S/C9H16N5O6P.Na.H/c1-5(21(16,17)18)20-4-19-3-14-2-11-6-7(14)12-9(10)13-8(6)15;;/h5,11H,2-4H2,1H3,(H2,16,17,18)(H3,10,12,13,15);;/q;+1;-1. The fourth-order valence-corrected chi connectivity index (χ4v) is 1.87. The van der Waals surface area contributed by atoms with E-state index in [4.69, 9.17) is 25.0 Å². The van der Waals surface area contributed by atoms with E-state index in [-0.39, 0.29) is 61.7 Å². The molecule has 1 atom stereocenters. The first-order chi connectivity index (χ1) is 9.79. The minimum Gasteiger partial charge on any atom is -1.00 e. The van der Waals surface area contributed by atoms with Crippen LogP contribution in [0.2, 0.25) is 0 Å². The van der Waals surface area contributed by atoms with Gasteiger partial charge in [0.1, 0.15) is 19.2 Å². The van der Waals surface area contributed by atoms with Gasteiger partial charge in [-0.2, -0.15) is 4.98 Å². The van der Waals surface area contributed by atoms with Gasteiger partial charge in [-0.25, -0.2) is 0 Å². The minimum absolute atomic E-state index is 0. The minimum atomic E-state index is -4.29. The van der Waals surface area contributed by atoms with Crippen molar-refractivity contribution in [1.82, 2.24) is 9.97 Å². The molecule has 0 fully saturated rings. The molecule has 6 N–H and O–H groups in total. The third-order valence-corrected chi connectivity index (χ3v) is 3.87. The van der Waals surface area contributed by atoms with Gasteiger partial charge in [-0.15, -0.1) is 0 Å². The Kier molecular flexibility index (Phi) is 6.84. The van der Waals surface area contributed by atoms with Gasteiger partial charge in [0.05, 0.1) is 6.67 Å². The number of nitrogens with zero attached hydrogens (tertiary/aromatic N) is 2. The van der Waals surface area contributed by atoms with Crippen LogP contribution in [0.4, 0.5) is 17.5 Å². The maximum absolute atomic E-state index is 11.6. The summed E-state index contributed by atoms with van der Waals surface area (Å²) in [5.41, 5.74) is 5.37. The van der Waals surface area contributed by atoms with Gasteiger partial charge in [0, 0.05) is 0 Å². The molecule has 1 aromatic rings. The van der Waals surface area contributed by atoms with Crippen LogP contribution < -0.4 is 51.1 Å². The topological polar surface area (TPSA) is 163 Å². The molecule has 0 bridgehead atoms. The summed E-state index contributed by atoms with van der Waals surface area (Å²) in [5, 5.41) is 2.84. The molecule has 2 rings (SSSR count). The maximum Gasteiger partial charge on any atom is 1.00 e. The summed E-state index contributed by atoms with van der Waals surface area (Å²) in [7, 11) is -4.29. The van der Waals surface area contributed by atoms with Crippen molar-refractivity contribution in [2.45, 2.75) is 12.8 Å². The monoisotopic (exact) mass is 345 g/mol. The van der Waals surface area contributed by atoms with E-state index in [0.717, 1.165) is 0 Å². The Labute approximate surface area is 149 Å². The molecule has 0 aliphatic carbocycles. The number of anilines is 3. The summed E-state index contributed by atoms with van der Waals surface area (Å²) >= 11 is 0. The van der Waals surface area contributed by atoms with Crippen molar-refractivity contribution >= 4 is 25.0 Å². The number of hydrogen-bond acceptors (Lipinski definition) is 8. The van der Waals surface area contributed by atoms with Crippen molar-refractivity contribution in [3.8, 4) is 0 Å². The van der Waals surface area contributed by atoms with Crippen LogP contribution in [0, 0.1) is 0 Å². The number of rotatable bonds is 6. The normalized spacial score (nSPS) is 15.0. The Hall–Kier alpha value is -0.650. The Balaban J connectivity index is 0.00000242. The van der Waals surface area contributed by atoms with Crippen molar-refractivity contribution in [2.75, 3.05) is 36.1 Å². The van der Waals surface area contributed by atoms with E-state index in [0.29, 0.717) is 12.5 Å². The second kappa shape index (κ2) is 7.75. The molecule has 11 nitrogen and oxygen atoms in total. The second-order valence-corrected chi connectivity index (χ2v) is 6.24. The van der Waals surface area contributed by atoms with Gasteiger partial charge >= 0.3 is 37.2 Å². The van der Waals surface area contributed by atoms with E-state index in [1.54, 1.807) is 4.90 Å². The number of aromatic amines is 1. The zero-order valence-electron chi connectivity index (χ0n) is 13.1. The maximum atomic E-state index is 11.6. The van der Waals surface area contributed by atoms with Crippen LogP contribution in [0.5, 0.6) is 0 Å². The third-order valence-electron chi connectivity index (χ3n) is 2.78. The molecule has 0 saturated heterocycles. The first-order valence-electron chi connectivity index (χ1n) is 5.92. The predicted molar refractivity (Wildman–Crippen MR) is 74.8 cm³/mol. The summed E-state index contributed by atoms with van der Waals surface area (Å²) < 4.78 is 20.9. The van der Waals surface area contributed by atoms with Gasteiger partial charge in [0.25, 0.3) is 5.56 Å².